The van der Waals surface area contributed by atoms with E-state index in [9.17, 15) is 0 Å². The minimum Gasteiger partial charge on any atom is -0.253 e. The zero-order valence-corrected chi connectivity index (χ0v) is 7.99. The third kappa shape index (κ3) is 1.82. The molecule has 0 spiro atoms. The predicted molar refractivity (Wildman–Crippen MR) is 59.1 cm³/mol. The average molecular weight is 186 g/mol. The van der Waals surface area contributed by atoms with Gasteiger partial charge in [-0.05, 0) is 31.5 Å². The molecular formula is C13H13N. The molecule has 0 saturated carbocycles. The summed E-state index contributed by atoms with van der Waals surface area (Å²) in [6, 6.07) is 13.1. The monoisotopic (exact) mass is 186 g/mol. The Kier molecular flexibility index (Phi) is 1.54. The number of benzene rings is 1. The molecule has 1 heteroatoms. The van der Waals surface area contributed by atoms with Gasteiger partial charge in [-0.1, -0.05) is 30.3 Å². The highest BCUT2D eigenvalue weighted by atomic mass is 14.7. The molecule has 0 aliphatic carbocycles. The first kappa shape index (κ1) is 5.97. The number of rotatable bonds is 1. The van der Waals surface area contributed by atoms with Crippen molar-refractivity contribution < 1.29 is 4.11 Å². The summed E-state index contributed by atoms with van der Waals surface area (Å²) in [4.78, 5) is 4.21. The summed E-state index contributed by atoms with van der Waals surface area (Å²) in [5, 5.41) is 0. The molecule has 0 bridgehead atoms. The second kappa shape index (κ2) is 3.62. The van der Waals surface area contributed by atoms with Crippen molar-refractivity contribution in [2.45, 2.75) is 13.8 Å². The van der Waals surface area contributed by atoms with E-state index in [0.29, 0.717) is 5.69 Å². The Morgan fingerprint density at radius 1 is 1.14 bits per heavy atom. The van der Waals surface area contributed by atoms with Gasteiger partial charge < -0.3 is 0 Å². The number of hydrogen-bond acceptors (Lipinski definition) is 1. The van der Waals surface area contributed by atoms with E-state index in [1.165, 1.54) is 0 Å². The van der Waals surface area contributed by atoms with Gasteiger partial charge >= 0.3 is 0 Å². The van der Waals surface area contributed by atoms with Crippen LogP contribution in [0.2, 0.25) is 0 Å². The van der Waals surface area contributed by atoms with Crippen molar-refractivity contribution in [3.63, 3.8) is 0 Å². The fraction of sp³-hybridized carbons (Fsp3) is 0.154. The Balaban J connectivity index is 2.54. The molecule has 0 aliphatic heterocycles. The summed E-state index contributed by atoms with van der Waals surface area (Å²) >= 11 is 0. The van der Waals surface area contributed by atoms with Gasteiger partial charge in [-0.15, -0.1) is 0 Å². The van der Waals surface area contributed by atoms with E-state index < -0.39 is 6.85 Å². The molecule has 2 rings (SSSR count). The second-order valence-electron chi connectivity index (χ2n) is 3.28. The van der Waals surface area contributed by atoms with Crippen LogP contribution in [0.4, 0.5) is 0 Å². The van der Waals surface area contributed by atoms with Crippen molar-refractivity contribution >= 4 is 0 Å². The summed E-state index contributed by atoms with van der Waals surface area (Å²) in [7, 11) is 0. The molecule has 1 nitrogen and oxygen atoms in total. The lowest BCUT2D eigenvalue weighted by Crippen LogP contribution is -1.88. The largest absolute Gasteiger partial charge is 0.253 e. The normalized spacial score (nSPS) is 14.2. The number of aromatic nitrogens is 1. The van der Waals surface area contributed by atoms with Crippen LogP contribution in [0.1, 0.15) is 15.4 Å². The SMILES string of the molecule is [2H]C([2H])([2H])c1cc(C)cc(-c2ccccc2)n1. The van der Waals surface area contributed by atoms with Crippen molar-refractivity contribution in [1.82, 2.24) is 4.98 Å². The quantitative estimate of drug-likeness (QED) is 0.665. The highest BCUT2D eigenvalue weighted by Crippen LogP contribution is 2.18. The molecule has 70 valence electrons. The summed E-state index contributed by atoms with van der Waals surface area (Å²) < 4.78 is 22.2. The molecule has 0 radical (unpaired) electrons. The van der Waals surface area contributed by atoms with Gasteiger partial charge in [0, 0.05) is 15.4 Å². The van der Waals surface area contributed by atoms with E-state index in [4.69, 9.17) is 4.11 Å². The fourth-order valence-electron chi connectivity index (χ4n) is 1.42. The minimum absolute atomic E-state index is 0.149. The fourth-order valence-corrected chi connectivity index (χ4v) is 1.42. The van der Waals surface area contributed by atoms with Gasteiger partial charge in [-0.2, -0.15) is 0 Å². The third-order valence-electron chi connectivity index (χ3n) is 2.04. The van der Waals surface area contributed by atoms with E-state index in [2.05, 4.69) is 4.98 Å². The van der Waals surface area contributed by atoms with E-state index in [0.717, 1.165) is 11.1 Å². The van der Waals surface area contributed by atoms with Gasteiger partial charge in [-0.3, -0.25) is 4.98 Å². The molecule has 0 saturated heterocycles. The van der Waals surface area contributed by atoms with Gasteiger partial charge in [0.1, 0.15) is 0 Å². The van der Waals surface area contributed by atoms with Crippen LogP contribution < -0.4 is 0 Å². The molecule has 1 heterocycles. The van der Waals surface area contributed by atoms with Crippen LogP contribution in [0.5, 0.6) is 0 Å². The summed E-state index contributed by atoms with van der Waals surface area (Å²) in [6.45, 7) is -0.279. The van der Waals surface area contributed by atoms with Crippen LogP contribution >= 0.6 is 0 Å². The van der Waals surface area contributed by atoms with Gasteiger partial charge in [-0.25, -0.2) is 0 Å². The van der Waals surface area contributed by atoms with Crippen molar-refractivity contribution in [2.75, 3.05) is 0 Å². The van der Waals surface area contributed by atoms with Crippen LogP contribution in [-0.2, 0) is 0 Å². The maximum atomic E-state index is 7.40. The molecule has 14 heavy (non-hydrogen) atoms. The van der Waals surface area contributed by atoms with Crippen LogP contribution in [0.25, 0.3) is 11.3 Å². The molecular weight excluding hydrogens is 170 g/mol. The number of nitrogens with zero attached hydrogens (tertiary/aromatic N) is 1. The third-order valence-corrected chi connectivity index (χ3v) is 2.04. The maximum Gasteiger partial charge on any atom is 0.0707 e. The lowest BCUT2D eigenvalue weighted by Gasteiger charge is -2.03. The topological polar surface area (TPSA) is 12.9 Å². The Morgan fingerprint density at radius 3 is 2.64 bits per heavy atom. The van der Waals surface area contributed by atoms with Crippen LogP contribution in [0, 0.1) is 13.8 Å². The molecule has 0 amide bonds. The molecule has 0 unspecified atom stereocenters. The Morgan fingerprint density at radius 2 is 1.93 bits per heavy atom. The maximum absolute atomic E-state index is 7.40. The molecule has 1 aromatic heterocycles. The number of hydrogen-bond donors (Lipinski definition) is 0. The van der Waals surface area contributed by atoms with E-state index >= 15 is 0 Å². The van der Waals surface area contributed by atoms with Gasteiger partial charge in [0.05, 0.1) is 5.69 Å². The van der Waals surface area contributed by atoms with Gasteiger partial charge in [0.15, 0.2) is 0 Å². The Bertz CT molecular complexity index is 518. The van der Waals surface area contributed by atoms with E-state index in [1.807, 2.05) is 43.3 Å². The lowest BCUT2D eigenvalue weighted by molar-refractivity contribution is 1.18. The van der Waals surface area contributed by atoms with Gasteiger partial charge in [0.2, 0.25) is 0 Å². The predicted octanol–water partition coefficient (Wildman–Crippen LogP) is 3.37. The Hall–Kier alpha value is -1.63. The lowest BCUT2D eigenvalue weighted by atomic mass is 10.1. The molecule has 2 aromatic rings. The highest BCUT2D eigenvalue weighted by Gasteiger charge is 1.99. The van der Waals surface area contributed by atoms with Crippen LogP contribution in [0.15, 0.2) is 42.5 Å². The van der Waals surface area contributed by atoms with Crippen molar-refractivity contribution in [2.24, 2.45) is 0 Å². The smallest absolute Gasteiger partial charge is 0.0707 e. The van der Waals surface area contributed by atoms with Crippen molar-refractivity contribution in [3.05, 3.63) is 53.7 Å². The van der Waals surface area contributed by atoms with Crippen LogP contribution in [0.3, 0.4) is 0 Å². The summed E-state index contributed by atoms with van der Waals surface area (Å²) in [5.74, 6) is 0. The first-order valence-electron chi connectivity index (χ1n) is 6.01. The number of pyridine rings is 1. The first-order valence-corrected chi connectivity index (χ1v) is 4.51. The minimum atomic E-state index is -2.16. The Labute approximate surface area is 88.7 Å². The second-order valence-corrected chi connectivity index (χ2v) is 3.28. The highest BCUT2D eigenvalue weighted by molar-refractivity contribution is 5.59. The van der Waals surface area contributed by atoms with Crippen molar-refractivity contribution in [3.8, 4) is 11.3 Å². The molecule has 0 aliphatic rings. The van der Waals surface area contributed by atoms with Gasteiger partial charge in [0.25, 0.3) is 0 Å². The molecule has 1 aromatic carbocycles. The standard InChI is InChI=1S/C13H13N/c1-10-8-11(2)14-13(9-10)12-6-4-3-5-7-12/h3-9H,1-2H3/i2D3. The average Bonchev–Trinajstić information content (AvgIpc) is 2.28. The summed E-state index contributed by atoms with van der Waals surface area (Å²) in [6.07, 6.45) is 0. The molecule has 0 atom stereocenters. The first-order chi connectivity index (χ1) is 7.97. The van der Waals surface area contributed by atoms with Crippen LogP contribution in [-0.4, -0.2) is 4.98 Å². The molecule has 0 N–H and O–H groups in total. The zero-order valence-electron chi connectivity index (χ0n) is 11.0. The number of aryl methyl sites for hydroxylation is 2. The zero-order chi connectivity index (χ0) is 12.5. The van der Waals surface area contributed by atoms with E-state index in [1.54, 1.807) is 6.07 Å². The molecule has 0 fully saturated rings. The van der Waals surface area contributed by atoms with E-state index in [-0.39, 0.29) is 5.69 Å². The van der Waals surface area contributed by atoms with Crippen molar-refractivity contribution in [1.29, 1.82) is 0 Å². The summed E-state index contributed by atoms with van der Waals surface area (Å²) in [5.41, 5.74) is 2.69.